The number of rotatable bonds is 6. The van der Waals surface area contributed by atoms with Crippen molar-refractivity contribution in [3.63, 3.8) is 0 Å². The van der Waals surface area contributed by atoms with E-state index in [1.807, 2.05) is 17.0 Å². The van der Waals surface area contributed by atoms with Crippen molar-refractivity contribution in [2.45, 2.75) is 32.4 Å². The van der Waals surface area contributed by atoms with Crippen molar-refractivity contribution in [2.24, 2.45) is 0 Å². The first-order valence-corrected chi connectivity index (χ1v) is 8.01. The molecule has 1 saturated carbocycles. The number of amides is 1. The molecule has 0 heterocycles. The number of nitrogens with zero attached hydrogens (tertiary/aromatic N) is 2. The smallest absolute Gasteiger partial charge is 0.295 e. The Kier molecular flexibility index (Phi) is 4.65. The van der Waals surface area contributed by atoms with Crippen LogP contribution in [-0.4, -0.2) is 21.8 Å². The fraction of sp³-hybridized carbons (Fsp3) is 0.278. The summed E-state index contributed by atoms with van der Waals surface area (Å²) in [6.07, 6.45) is 2.10. The lowest BCUT2D eigenvalue weighted by Gasteiger charge is -2.20. The topological polar surface area (TPSA) is 75.5 Å². The summed E-state index contributed by atoms with van der Waals surface area (Å²) in [6, 6.07) is 11.1. The predicted molar refractivity (Wildman–Crippen MR) is 92.0 cm³/mol. The molecule has 0 bridgehead atoms. The highest BCUT2D eigenvalue weighted by Crippen LogP contribution is 2.30. The maximum Gasteiger partial charge on any atom is 0.295 e. The van der Waals surface area contributed by atoms with Crippen LogP contribution in [0.5, 0.6) is 0 Å². The molecule has 0 spiro atoms. The van der Waals surface area contributed by atoms with Crippen LogP contribution in [0.4, 0.5) is 21.5 Å². The number of hydrogen-bond donors (Lipinski definition) is 1. The van der Waals surface area contributed by atoms with Crippen molar-refractivity contribution in [3.05, 3.63) is 64.0 Å². The van der Waals surface area contributed by atoms with Gasteiger partial charge in [-0.1, -0.05) is 12.1 Å². The van der Waals surface area contributed by atoms with Crippen LogP contribution in [0.2, 0.25) is 0 Å². The first kappa shape index (κ1) is 16.9. The molecule has 0 saturated heterocycles. The Labute approximate surface area is 144 Å². The van der Waals surface area contributed by atoms with E-state index in [-0.39, 0.29) is 17.3 Å². The summed E-state index contributed by atoms with van der Waals surface area (Å²) in [4.78, 5) is 23.9. The number of carbonyl (C=O) groups is 1. The Morgan fingerprint density at radius 3 is 2.52 bits per heavy atom. The minimum absolute atomic E-state index is 0.0617. The number of anilines is 2. The van der Waals surface area contributed by atoms with Crippen molar-refractivity contribution >= 4 is 23.0 Å². The molecule has 2 aromatic rings. The van der Waals surface area contributed by atoms with Crippen LogP contribution in [0, 0.1) is 15.9 Å². The van der Waals surface area contributed by atoms with Gasteiger partial charge < -0.3 is 10.2 Å². The number of halogens is 1. The van der Waals surface area contributed by atoms with Gasteiger partial charge in [-0.2, -0.15) is 0 Å². The van der Waals surface area contributed by atoms with Gasteiger partial charge in [-0.15, -0.1) is 0 Å². The van der Waals surface area contributed by atoms with Crippen LogP contribution in [0.25, 0.3) is 0 Å². The van der Waals surface area contributed by atoms with Gasteiger partial charge >= 0.3 is 0 Å². The van der Waals surface area contributed by atoms with Gasteiger partial charge in [0.15, 0.2) is 0 Å². The van der Waals surface area contributed by atoms with Crippen molar-refractivity contribution in [3.8, 4) is 0 Å². The molecular formula is C18H18FN3O3. The van der Waals surface area contributed by atoms with Crippen molar-refractivity contribution in [2.75, 3.05) is 5.32 Å². The van der Waals surface area contributed by atoms with E-state index in [4.69, 9.17) is 0 Å². The van der Waals surface area contributed by atoms with Crippen molar-refractivity contribution < 1.29 is 14.1 Å². The number of hydrogen-bond acceptors (Lipinski definition) is 4. The molecule has 130 valence electrons. The lowest BCUT2D eigenvalue weighted by atomic mass is 10.1. The summed E-state index contributed by atoms with van der Waals surface area (Å²) in [7, 11) is 0. The molecule has 1 aliphatic rings. The van der Waals surface area contributed by atoms with E-state index in [1.54, 1.807) is 19.1 Å². The van der Waals surface area contributed by atoms with Crippen molar-refractivity contribution in [1.29, 1.82) is 0 Å². The molecule has 0 aromatic heterocycles. The SMILES string of the molecule is CC(=O)N(Cc1ccc(Nc2ccc(F)cc2[N+](=O)[O-])cc1)C1CC1. The van der Waals surface area contributed by atoms with Gasteiger partial charge in [0.05, 0.1) is 11.0 Å². The quantitative estimate of drug-likeness (QED) is 0.636. The lowest BCUT2D eigenvalue weighted by molar-refractivity contribution is -0.384. The monoisotopic (exact) mass is 343 g/mol. The number of benzene rings is 2. The molecule has 0 radical (unpaired) electrons. The van der Waals surface area contributed by atoms with E-state index in [9.17, 15) is 19.3 Å². The number of nitrogens with one attached hydrogen (secondary N) is 1. The zero-order valence-electron chi connectivity index (χ0n) is 13.7. The second-order valence-corrected chi connectivity index (χ2v) is 6.12. The van der Waals surface area contributed by atoms with Gasteiger partial charge in [-0.25, -0.2) is 4.39 Å². The molecule has 2 aromatic carbocycles. The fourth-order valence-corrected chi connectivity index (χ4v) is 2.69. The zero-order valence-corrected chi connectivity index (χ0v) is 13.7. The Balaban J connectivity index is 1.73. The van der Waals surface area contributed by atoms with Gasteiger partial charge in [0, 0.05) is 25.2 Å². The van der Waals surface area contributed by atoms with Crippen LogP contribution in [0.15, 0.2) is 42.5 Å². The second kappa shape index (κ2) is 6.88. The average molecular weight is 343 g/mol. The number of nitro groups is 1. The normalized spacial score (nSPS) is 13.4. The molecule has 0 aliphatic heterocycles. The average Bonchev–Trinajstić information content (AvgIpc) is 3.40. The molecule has 1 fully saturated rings. The van der Waals surface area contributed by atoms with E-state index in [2.05, 4.69) is 5.32 Å². The van der Waals surface area contributed by atoms with Gasteiger partial charge in [0.2, 0.25) is 5.91 Å². The highest BCUT2D eigenvalue weighted by Gasteiger charge is 2.30. The summed E-state index contributed by atoms with van der Waals surface area (Å²) < 4.78 is 13.2. The van der Waals surface area contributed by atoms with Gasteiger partial charge in [0.25, 0.3) is 5.69 Å². The molecule has 25 heavy (non-hydrogen) atoms. The van der Waals surface area contributed by atoms with E-state index in [0.29, 0.717) is 18.3 Å². The van der Waals surface area contributed by atoms with Crippen LogP contribution in [0.1, 0.15) is 25.3 Å². The zero-order chi connectivity index (χ0) is 18.0. The summed E-state index contributed by atoms with van der Waals surface area (Å²) in [5.74, 6) is -0.594. The fourth-order valence-electron chi connectivity index (χ4n) is 2.69. The molecular weight excluding hydrogens is 325 g/mol. The summed E-state index contributed by atoms with van der Waals surface area (Å²) in [6.45, 7) is 2.12. The molecule has 3 rings (SSSR count). The third-order valence-electron chi connectivity index (χ3n) is 4.13. The minimum atomic E-state index is -0.656. The Morgan fingerprint density at radius 2 is 1.96 bits per heavy atom. The lowest BCUT2D eigenvalue weighted by Crippen LogP contribution is -2.30. The first-order chi connectivity index (χ1) is 11.9. The number of carbonyl (C=O) groups excluding carboxylic acids is 1. The largest absolute Gasteiger partial charge is 0.350 e. The standard InChI is InChI=1S/C18H18FN3O3/c1-12(23)21(16-7-8-16)11-13-2-5-15(6-3-13)20-17-9-4-14(19)10-18(17)22(24)25/h2-6,9-10,16,20H,7-8,11H2,1H3. The molecule has 1 amide bonds. The summed E-state index contributed by atoms with van der Waals surface area (Å²) >= 11 is 0. The second-order valence-electron chi connectivity index (χ2n) is 6.12. The Bertz CT molecular complexity index is 804. The molecule has 0 unspecified atom stereocenters. The molecule has 7 heteroatoms. The highest BCUT2D eigenvalue weighted by atomic mass is 19.1. The summed E-state index contributed by atoms with van der Waals surface area (Å²) in [5, 5.41) is 14.0. The Morgan fingerprint density at radius 1 is 1.28 bits per heavy atom. The van der Waals surface area contributed by atoms with Gasteiger partial charge in [-0.3, -0.25) is 14.9 Å². The van der Waals surface area contributed by atoms with Gasteiger partial charge in [-0.05, 0) is 42.7 Å². The van der Waals surface area contributed by atoms with Crippen LogP contribution in [0.3, 0.4) is 0 Å². The van der Waals surface area contributed by atoms with E-state index >= 15 is 0 Å². The molecule has 1 N–H and O–H groups in total. The van der Waals surface area contributed by atoms with Crippen LogP contribution < -0.4 is 5.32 Å². The third kappa shape index (κ3) is 4.12. The van der Waals surface area contributed by atoms with Gasteiger partial charge in [0.1, 0.15) is 11.5 Å². The van der Waals surface area contributed by atoms with Crippen LogP contribution in [-0.2, 0) is 11.3 Å². The maximum atomic E-state index is 13.2. The summed E-state index contributed by atoms with van der Waals surface area (Å²) in [5.41, 5.74) is 1.54. The van der Waals surface area contributed by atoms with Crippen LogP contribution >= 0.6 is 0 Å². The first-order valence-electron chi connectivity index (χ1n) is 8.01. The predicted octanol–water partition coefficient (Wildman–Crippen LogP) is 3.99. The van der Waals surface area contributed by atoms with E-state index in [0.717, 1.165) is 24.5 Å². The van der Waals surface area contributed by atoms with E-state index in [1.165, 1.54) is 12.1 Å². The minimum Gasteiger partial charge on any atom is -0.350 e. The Hall–Kier alpha value is -2.96. The molecule has 0 atom stereocenters. The van der Waals surface area contributed by atoms with Crippen molar-refractivity contribution in [1.82, 2.24) is 4.90 Å². The molecule has 6 nitrogen and oxygen atoms in total. The number of nitro benzene ring substituents is 1. The molecule has 1 aliphatic carbocycles. The highest BCUT2D eigenvalue weighted by molar-refractivity contribution is 5.74. The van der Waals surface area contributed by atoms with E-state index < -0.39 is 10.7 Å². The third-order valence-corrected chi connectivity index (χ3v) is 4.13. The maximum absolute atomic E-state index is 13.2.